The van der Waals surface area contributed by atoms with Gasteiger partial charge in [0.05, 0.1) is 12.3 Å². The number of nitrogens with zero attached hydrogens (tertiary/aromatic N) is 3. The highest BCUT2D eigenvalue weighted by molar-refractivity contribution is 5.97. The number of carboxylic acid groups (broad SMARTS) is 1. The molecule has 0 saturated carbocycles. The van der Waals surface area contributed by atoms with E-state index in [1.165, 1.54) is 0 Å². The highest BCUT2D eigenvalue weighted by atomic mass is 16.4. The Morgan fingerprint density at radius 1 is 1.22 bits per heavy atom. The lowest BCUT2D eigenvalue weighted by molar-refractivity contribution is -0.145. The van der Waals surface area contributed by atoms with Crippen LogP contribution in [-0.4, -0.2) is 40.9 Å². The van der Waals surface area contributed by atoms with Gasteiger partial charge in [0.25, 0.3) is 5.91 Å². The van der Waals surface area contributed by atoms with E-state index in [0.717, 1.165) is 5.56 Å². The van der Waals surface area contributed by atoms with E-state index in [0.29, 0.717) is 31.5 Å². The molecule has 0 aromatic heterocycles. The Hall–Kier alpha value is -2.57. The van der Waals surface area contributed by atoms with Crippen LogP contribution in [0.4, 0.5) is 0 Å². The predicted molar refractivity (Wildman–Crippen MR) is 79.9 cm³/mol. The van der Waals surface area contributed by atoms with Gasteiger partial charge in [-0.05, 0) is 24.5 Å². The van der Waals surface area contributed by atoms with Crippen LogP contribution in [0.15, 0.2) is 34.5 Å². The molecule has 2 amide bonds. The minimum absolute atomic E-state index is 0.0815. The van der Waals surface area contributed by atoms with Crippen LogP contribution in [0.5, 0.6) is 0 Å². The molecule has 23 heavy (non-hydrogen) atoms. The van der Waals surface area contributed by atoms with Gasteiger partial charge in [0.15, 0.2) is 0 Å². The van der Waals surface area contributed by atoms with Gasteiger partial charge in [-0.15, -0.1) is 5.11 Å². The quantitative estimate of drug-likeness (QED) is 0.922. The summed E-state index contributed by atoms with van der Waals surface area (Å²) in [6, 6.07) is 6.59. The molecule has 1 atom stereocenters. The molecule has 3 rings (SSSR count). The van der Waals surface area contributed by atoms with Crippen molar-refractivity contribution >= 4 is 17.8 Å². The van der Waals surface area contributed by atoms with E-state index in [1.54, 1.807) is 23.1 Å². The van der Waals surface area contributed by atoms with Crippen molar-refractivity contribution in [3.05, 3.63) is 35.4 Å². The number of hydrogen-bond acceptors (Lipinski definition) is 4. The normalized spacial score (nSPS) is 21.1. The third-order valence-corrected chi connectivity index (χ3v) is 4.40. The number of rotatable bonds is 3. The molecule has 7 nitrogen and oxygen atoms in total. The molecule has 0 bridgehead atoms. The summed E-state index contributed by atoms with van der Waals surface area (Å²) in [5.74, 6) is -1.63. The highest BCUT2D eigenvalue weighted by Gasteiger charge is 2.30. The number of hydrogen-bond donors (Lipinski definition) is 1. The third kappa shape index (κ3) is 3.13. The number of azo groups is 1. The second-order valence-corrected chi connectivity index (χ2v) is 5.82. The number of carbonyl (C=O) groups is 3. The topological polar surface area (TPSA) is 99.4 Å². The van der Waals surface area contributed by atoms with Gasteiger partial charge in [0, 0.05) is 18.7 Å². The maximum absolute atomic E-state index is 12.4. The number of fused-ring (bicyclic) bond motifs is 1. The van der Waals surface area contributed by atoms with Crippen molar-refractivity contribution in [3.63, 3.8) is 0 Å². The van der Waals surface area contributed by atoms with E-state index in [2.05, 4.69) is 10.2 Å². The molecule has 2 aliphatic heterocycles. The van der Waals surface area contributed by atoms with Gasteiger partial charge in [-0.1, -0.05) is 18.2 Å². The smallest absolute Gasteiger partial charge is 0.306 e. The minimum Gasteiger partial charge on any atom is -0.481 e. The molecule has 0 radical (unpaired) electrons. The van der Waals surface area contributed by atoms with Crippen molar-refractivity contribution in [1.29, 1.82) is 0 Å². The highest BCUT2D eigenvalue weighted by Crippen LogP contribution is 2.31. The average molecular weight is 315 g/mol. The molecular weight excluding hydrogens is 298 g/mol. The third-order valence-electron chi connectivity index (χ3n) is 4.40. The molecule has 1 unspecified atom stereocenters. The van der Waals surface area contributed by atoms with Crippen molar-refractivity contribution < 1.29 is 19.5 Å². The molecule has 1 aromatic rings. The summed E-state index contributed by atoms with van der Waals surface area (Å²) < 4.78 is 0. The van der Waals surface area contributed by atoms with Crippen LogP contribution in [0.25, 0.3) is 0 Å². The van der Waals surface area contributed by atoms with Crippen molar-refractivity contribution in [3.8, 4) is 0 Å². The molecule has 1 aromatic carbocycles. The van der Waals surface area contributed by atoms with Gasteiger partial charge < -0.3 is 10.0 Å². The van der Waals surface area contributed by atoms with Gasteiger partial charge in [0.1, 0.15) is 6.04 Å². The minimum atomic E-state index is -0.800. The molecule has 120 valence electrons. The Labute approximate surface area is 133 Å². The second kappa shape index (κ2) is 6.28. The summed E-state index contributed by atoms with van der Waals surface area (Å²) >= 11 is 0. The van der Waals surface area contributed by atoms with Crippen molar-refractivity contribution in [2.24, 2.45) is 16.1 Å². The predicted octanol–water partition coefficient (Wildman–Crippen LogP) is 2.05. The molecule has 1 fully saturated rings. The standard InChI is InChI=1S/C16H17N3O4/c20-14(19-7-5-10(6-8-19)16(22)23)9-13-11-3-1-2-4-12(11)15(21)18-17-13/h1-4,10,13H,5-9H2,(H,22,23). The molecule has 2 heterocycles. The Bertz CT molecular complexity index is 678. The van der Waals surface area contributed by atoms with Crippen molar-refractivity contribution in [2.75, 3.05) is 13.1 Å². The molecule has 1 saturated heterocycles. The molecule has 2 aliphatic rings. The maximum atomic E-state index is 12.4. The monoisotopic (exact) mass is 315 g/mol. The van der Waals surface area contributed by atoms with E-state index in [-0.39, 0.29) is 24.2 Å². The Morgan fingerprint density at radius 2 is 1.91 bits per heavy atom. The summed E-state index contributed by atoms with van der Waals surface area (Å²) in [7, 11) is 0. The lowest BCUT2D eigenvalue weighted by Crippen LogP contribution is -2.40. The van der Waals surface area contributed by atoms with Crippen LogP contribution < -0.4 is 0 Å². The summed E-state index contributed by atoms with van der Waals surface area (Å²) in [6.07, 6.45) is 1.09. The lowest BCUT2D eigenvalue weighted by atomic mass is 9.94. The number of carbonyl (C=O) groups excluding carboxylic acids is 2. The van der Waals surface area contributed by atoms with Crippen LogP contribution in [0, 0.1) is 5.92 Å². The maximum Gasteiger partial charge on any atom is 0.306 e. The van der Waals surface area contributed by atoms with Gasteiger partial charge >= 0.3 is 5.97 Å². The lowest BCUT2D eigenvalue weighted by Gasteiger charge is -2.31. The van der Waals surface area contributed by atoms with Crippen LogP contribution >= 0.6 is 0 Å². The van der Waals surface area contributed by atoms with Gasteiger partial charge in [-0.25, -0.2) is 0 Å². The van der Waals surface area contributed by atoms with Gasteiger partial charge in [-0.3, -0.25) is 14.4 Å². The first-order chi connectivity index (χ1) is 11.1. The first-order valence-corrected chi connectivity index (χ1v) is 7.61. The zero-order valence-corrected chi connectivity index (χ0v) is 12.5. The van der Waals surface area contributed by atoms with E-state index in [1.807, 2.05) is 6.07 Å². The van der Waals surface area contributed by atoms with Crippen molar-refractivity contribution in [1.82, 2.24) is 4.90 Å². The van der Waals surface area contributed by atoms with Crippen molar-refractivity contribution in [2.45, 2.75) is 25.3 Å². The number of carboxylic acids is 1. The molecule has 0 aliphatic carbocycles. The average Bonchev–Trinajstić information content (AvgIpc) is 2.57. The second-order valence-electron chi connectivity index (χ2n) is 5.82. The SMILES string of the molecule is O=C1N=NC(CC(=O)N2CCC(C(=O)O)CC2)c2ccccc21. The Morgan fingerprint density at radius 3 is 2.61 bits per heavy atom. The van der Waals surface area contributed by atoms with Crippen LogP contribution in [0.3, 0.4) is 0 Å². The number of benzene rings is 1. The Kier molecular flexibility index (Phi) is 4.18. The fourth-order valence-corrected chi connectivity index (χ4v) is 3.04. The fraction of sp³-hybridized carbons (Fsp3) is 0.438. The first kappa shape index (κ1) is 15.3. The van der Waals surface area contributed by atoms with Gasteiger partial charge in [0.2, 0.25) is 5.91 Å². The summed E-state index contributed by atoms with van der Waals surface area (Å²) in [6.45, 7) is 0.889. The van der Waals surface area contributed by atoms with Crippen LogP contribution in [0.2, 0.25) is 0 Å². The zero-order valence-electron chi connectivity index (χ0n) is 12.5. The van der Waals surface area contributed by atoms with Crippen LogP contribution in [0.1, 0.15) is 41.2 Å². The van der Waals surface area contributed by atoms with E-state index < -0.39 is 12.0 Å². The number of aliphatic carboxylic acids is 1. The zero-order chi connectivity index (χ0) is 16.4. The number of piperidine rings is 1. The molecular formula is C16H17N3O4. The summed E-state index contributed by atoms with van der Waals surface area (Å²) in [5, 5.41) is 16.6. The molecule has 0 spiro atoms. The van der Waals surface area contributed by atoms with E-state index >= 15 is 0 Å². The summed E-state index contributed by atoms with van der Waals surface area (Å²) in [4.78, 5) is 36.8. The van der Waals surface area contributed by atoms with Crippen LogP contribution in [-0.2, 0) is 9.59 Å². The molecule has 1 N–H and O–H groups in total. The largest absolute Gasteiger partial charge is 0.481 e. The van der Waals surface area contributed by atoms with E-state index in [4.69, 9.17) is 5.11 Å². The fourth-order valence-electron chi connectivity index (χ4n) is 3.04. The summed E-state index contributed by atoms with van der Waals surface area (Å²) in [5.41, 5.74) is 1.21. The first-order valence-electron chi connectivity index (χ1n) is 7.61. The number of amides is 2. The number of likely N-dealkylation sites (tertiary alicyclic amines) is 1. The molecule has 7 heteroatoms. The van der Waals surface area contributed by atoms with Gasteiger partial charge in [-0.2, -0.15) is 5.11 Å². The van der Waals surface area contributed by atoms with E-state index in [9.17, 15) is 14.4 Å². The Balaban J connectivity index is 1.66.